The van der Waals surface area contributed by atoms with Gasteiger partial charge < -0.3 is 10.2 Å². The molecule has 4 nitrogen and oxygen atoms in total. The molecule has 0 aliphatic carbocycles. The highest BCUT2D eigenvalue weighted by molar-refractivity contribution is 9.10. The first kappa shape index (κ1) is 14.4. The van der Waals surface area contributed by atoms with Crippen molar-refractivity contribution in [2.24, 2.45) is 0 Å². The third kappa shape index (κ3) is 3.09. The molecular formula is C15H14BrN3O. The van der Waals surface area contributed by atoms with Crippen molar-refractivity contribution >= 4 is 38.4 Å². The topological polar surface area (TPSA) is 56.1 Å². The van der Waals surface area contributed by atoms with Crippen molar-refractivity contribution < 1.29 is 4.79 Å². The molecule has 0 aromatic heterocycles. The Morgan fingerprint density at radius 2 is 2.00 bits per heavy atom. The second-order valence-corrected chi connectivity index (χ2v) is 5.25. The number of amides is 2. The average Bonchev–Trinajstić information content (AvgIpc) is 2.45. The molecule has 0 unspecified atom stereocenters. The fourth-order valence-electron chi connectivity index (χ4n) is 1.91. The Labute approximate surface area is 126 Å². The van der Waals surface area contributed by atoms with Crippen molar-refractivity contribution in [2.45, 2.75) is 6.42 Å². The van der Waals surface area contributed by atoms with Crippen LogP contribution in [0.5, 0.6) is 0 Å². The number of carbonyl (C=O) groups excluding carboxylic acids is 1. The van der Waals surface area contributed by atoms with E-state index in [0.29, 0.717) is 13.0 Å². The molecule has 0 radical (unpaired) electrons. The Morgan fingerprint density at radius 1 is 1.30 bits per heavy atom. The summed E-state index contributed by atoms with van der Waals surface area (Å²) < 4.78 is 0.990. The summed E-state index contributed by atoms with van der Waals surface area (Å²) in [6.45, 7) is 0.413. The molecule has 0 heterocycles. The zero-order chi connectivity index (χ0) is 14.5. The van der Waals surface area contributed by atoms with Crippen LogP contribution in [0.4, 0.5) is 10.5 Å². The van der Waals surface area contributed by atoms with Crippen LogP contribution in [-0.2, 0) is 0 Å². The van der Waals surface area contributed by atoms with E-state index in [1.54, 1.807) is 7.05 Å². The average molecular weight is 332 g/mol. The predicted molar refractivity (Wildman–Crippen MR) is 83.5 cm³/mol. The SMILES string of the molecule is CN(CCC#N)C(=O)Nc1cccc2c(Br)cccc12. The van der Waals surface area contributed by atoms with Gasteiger partial charge >= 0.3 is 6.03 Å². The van der Waals surface area contributed by atoms with Crippen molar-refractivity contribution in [3.05, 3.63) is 40.9 Å². The zero-order valence-corrected chi connectivity index (χ0v) is 12.6. The van der Waals surface area contributed by atoms with E-state index >= 15 is 0 Å². The molecule has 0 fully saturated rings. The van der Waals surface area contributed by atoms with Crippen LogP contribution in [0.3, 0.4) is 0 Å². The van der Waals surface area contributed by atoms with Crippen molar-refractivity contribution in [1.29, 1.82) is 5.26 Å². The first-order valence-electron chi connectivity index (χ1n) is 6.20. The number of anilines is 1. The molecule has 0 spiro atoms. The number of nitrogens with zero attached hydrogens (tertiary/aromatic N) is 2. The summed E-state index contributed by atoms with van der Waals surface area (Å²) in [6.07, 6.45) is 0.324. The van der Waals surface area contributed by atoms with E-state index in [9.17, 15) is 4.79 Å². The van der Waals surface area contributed by atoms with E-state index in [0.717, 1.165) is 20.9 Å². The van der Waals surface area contributed by atoms with E-state index in [1.807, 2.05) is 42.5 Å². The molecule has 2 rings (SSSR count). The zero-order valence-electron chi connectivity index (χ0n) is 11.1. The summed E-state index contributed by atoms with van der Waals surface area (Å²) in [7, 11) is 1.67. The van der Waals surface area contributed by atoms with Gasteiger partial charge in [-0.3, -0.25) is 0 Å². The predicted octanol–water partition coefficient (Wildman–Crippen LogP) is 3.98. The lowest BCUT2D eigenvalue weighted by Gasteiger charge is -2.17. The van der Waals surface area contributed by atoms with Crippen LogP contribution in [0.1, 0.15) is 6.42 Å². The Morgan fingerprint density at radius 3 is 2.75 bits per heavy atom. The van der Waals surface area contributed by atoms with Crippen LogP contribution in [0, 0.1) is 11.3 Å². The summed E-state index contributed by atoms with van der Waals surface area (Å²) in [5.74, 6) is 0. The summed E-state index contributed by atoms with van der Waals surface area (Å²) in [4.78, 5) is 13.5. The molecule has 0 atom stereocenters. The molecule has 2 aromatic rings. The maximum absolute atomic E-state index is 12.0. The van der Waals surface area contributed by atoms with Gasteiger partial charge in [-0.15, -0.1) is 0 Å². The van der Waals surface area contributed by atoms with Crippen LogP contribution in [0.25, 0.3) is 10.8 Å². The molecule has 0 saturated heterocycles. The minimum Gasteiger partial charge on any atom is -0.327 e. The molecule has 0 bridgehead atoms. The van der Waals surface area contributed by atoms with Gasteiger partial charge in [-0.25, -0.2) is 4.79 Å². The molecule has 2 amide bonds. The second-order valence-electron chi connectivity index (χ2n) is 4.40. The van der Waals surface area contributed by atoms with Gasteiger partial charge in [0.25, 0.3) is 0 Å². The standard InChI is InChI=1S/C15H14BrN3O/c1-19(10-4-9-17)15(20)18-14-8-3-5-11-12(14)6-2-7-13(11)16/h2-3,5-8H,4,10H2,1H3,(H,18,20). The van der Waals surface area contributed by atoms with E-state index in [-0.39, 0.29) is 6.03 Å². The quantitative estimate of drug-likeness (QED) is 0.924. The number of hydrogen-bond acceptors (Lipinski definition) is 2. The highest BCUT2D eigenvalue weighted by Gasteiger charge is 2.10. The summed E-state index contributed by atoms with van der Waals surface area (Å²) >= 11 is 3.50. The number of carbonyl (C=O) groups is 1. The highest BCUT2D eigenvalue weighted by Crippen LogP contribution is 2.29. The molecule has 20 heavy (non-hydrogen) atoms. The maximum atomic E-state index is 12.0. The number of fused-ring (bicyclic) bond motifs is 1. The minimum atomic E-state index is -0.215. The van der Waals surface area contributed by atoms with Crippen LogP contribution in [-0.4, -0.2) is 24.5 Å². The van der Waals surface area contributed by atoms with Gasteiger partial charge in [-0.2, -0.15) is 5.26 Å². The maximum Gasteiger partial charge on any atom is 0.321 e. The summed E-state index contributed by atoms with van der Waals surface area (Å²) in [5, 5.41) is 13.4. The van der Waals surface area contributed by atoms with Crippen LogP contribution in [0.2, 0.25) is 0 Å². The molecular weight excluding hydrogens is 318 g/mol. The molecule has 5 heteroatoms. The van der Waals surface area contributed by atoms with E-state index in [4.69, 9.17) is 5.26 Å². The number of nitrogens with one attached hydrogen (secondary N) is 1. The molecule has 0 saturated carbocycles. The second kappa shape index (κ2) is 6.40. The Kier molecular flexibility index (Phi) is 4.59. The van der Waals surface area contributed by atoms with Crippen LogP contribution < -0.4 is 5.32 Å². The van der Waals surface area contributed by atoms with E-state index < -0.39 is 0 Å². The molecule has 102 valence electrons. The molecule has 1 N–H and O–H groups in total. The number of urea groups is 1. The Hall–Kier alpha value is -2.06. The normalized spacial score (nSPS) is 10.1. The van der Waals surface area contributed by atoms with Crippen LogP contribution in [0.15, 0.2) is 40.9 Å². The molecule has 0 aliphatic heterocycles. The highest BCUT2D eigenvalue weighted by atomic mass is 79.9. The first-order chi connectivity index (χ1) is 9.63. The Bertz CT molecular complexity index is 678. The largest absolute Gasteiger partial charge is 0.327 e. The Balaban J connectivity index is 2.24. The van der Waals surface area contributed by atoms with Gasteiger partial charge in [-0.1, -0.05) is 40.2 Å². The van der Waals surface area contributed by atoms with Gasteiger partial charge in [-0.05, 0) is 17.5 Å². The lowest BCUT2D eigenvalue weighted by atomic mass is 10.1. The monoisotopic (exact) mass is 331 g/mol. The summed E-state index contributed by atoms with van der Waals surface area (Å²) in [6, 6.07) is 13.4. The minimum absolute atomic E-state index is 0.215. The third-order valence-corrected chi connectivity index (χ3v) is 3.71. The van der Waals surface area contributed by atoms with Gasteiger partial charge in [0.1, 0.15) is 0 Å². The molecule has 2 aromatic carbocycles. The summed E-state index contributed by atoms with van der Waals surface area (Å²) in [5.41, 5.74) is 0.762. The number of hydrogen-bond donors (Lipinski definition) is 1. The number of rotatable bonds is 3. The smallest absolute Gasteiger partial charge is 0.321 e. The van der Waals surface area contributed by atoms with E-state index in [2.05, 4.69) is 21.2 Å². The third-order valence-electron chi connectivity index (χ3n) is 3.02. The fraction of sp³-hybridized carbons (Fsp3) is 0.200. The lowest BCUT2D eigenvalue weighted by molar-refractivity contribution is 0.223. The number of nitriles is 1. The number of benzene rings is 2. The molecule has 0 aliphatic rings. The van der Waals surface area contributed by atoms with Gasteiger partial charge in [0.05, 0.1) is 18.2 Å². The van der Waals surface area contributed by atoms with Gasteiger partial charge in [0.15, 0.2) is 0 Å². The fourth-order valence-corrected chi connectivity index (χ4v) is 2.41. The van der Waals surface area contributed by atoms with Crippen LogP contribution >= 0.6 is 15.9 Å². The van der Waals surface area contributed by atoms with Gasteiger partial charge in [0, 0.05) is 23.5 Å². The van der Waals surface area contributed by atoms with Crippen molar-refractivity contribution in [2.75, 3.05) is 18.9 Å². The van der Waals surface area contributed by atoms with Gasteiger partial charge in [0.2, 0.25) is 0 Å². The van der Waals surface area contributed by atoms with Crippen molar-refractivity contribution in [1.82, 2.24) is 4.90 Å². The van der Waals surface area contributed by atoms with E-state index in [1.165, 1.54) is 4.90 Å². The lowest BCUT2D eigenvalue weighted by Crippen LogP contribution is -2.32. The number of halogens is 1. The first-order valence-corrected chi connectivity index (χ1v) is 6.99. The van der Waals surface area contributed by atoms with Crippen molar-refractivity contribution in [3.63, 3.8) is 0 Å². The van der Waals surface area contributed by atoms with Crippen molar-refractivity contribution in [3.8, 4) is 6.07 Å².